The summed E-state index contributed by atoms with van der Waals surface area (Å²) in [6.07, 6.45) is 6.59. The van der Waals surface area contributed by atoms with Crippen LogP contribution in [-0.2, 0) is 11.2 Å². The van der Waals surface area contributed by atoms with Crippen LogP contribution in [0.1, 0.15) is 62.1 Å². The van der Waals surface area contributed by atoms with Crippen molar-refractivity contribution in [3.63, 3.8) is 0 Å². The predicted molar refractivity (Wildman–Crippen MR) is 126 cm³/mol. The lowest BCUT2D eigenvalue weighted by Crippen LogP contribution is -2.26. The zero-order chi connectivity index (χ0) is 22.2. The van der Waals surface area contributed by atoms with Crippen LogP contribution in [0.15, 0.2) is 42.6 Å². The second-order valence-corrected chi connectivity index (χ2v) is 7.83. The summed E-state index contributed by atoms with van der Waals surface area (Å²) in [7, 11) is 3.28. The maximum absolute atomic E-state index is 12.9. The Morgan fingerprint density at radius 2 is 1.84 bits per heavy atom. The maximum Gasteiger partial charge on any atom is 0.220 e. The summed E-state index contributed by atoms with van der Waals surface area (Å²) in [5, 5.41) is 4.24. The Morgan fingerprint density at radius 3 is 2.55 bits per heavy atom. The molecular weight excluding hydrogens is 388 g/mol. The van der Waals surface area contributed by atoms with Gasteiger partial charge in [0.15, 0.2) is 11.5 Å². The van der Waals surface area contributed by atoms with Crippen molar-refractivity contribution in [2.75, 3.05) is 20.8 Å². The first-order valence-corrected chi connectivity index (χ1v) is 11.2. The fraction of sp³-hybridized carbons (Fsp3) is 0.423. The minimum Gasteiger partial charge on any atom is -0.493 e. The van der Waals surface area contributed by atoms with Crippen LogP contribution in [0.3, 0.4) is 0 Å². The van der Waals surface area contributed by atoms with Gasteiger partial charge in [-0.05, 0) is 30.0 Å². The van der Waals surface area contributed by atoms with Crippen LogP contribution in [0, 0.1) is 0 Å². The van der Waals surface area contributed by atoms with Crippen LogP contribution in [0.4, 0.5) is 0 Å². The monoisotopic (exact) mass is 422 g/mol. The number of unbranched alkanes of at least 4 members (excludes halogenated alkanes) is 2. The number of ether oxygens (including phenoxy) is 2. The third-order valence-corrected chi connectivity index (χ3v) is 5.89. The van der Waals surface area contributed by atoms with Crippen LogP contribution < -0.4 is 14.8 Å². The molecule has 1 atom stereocenters. The number of para-hydroxylation sites is 2. The molecule has 31 heavy (non-hydrogen) atoms. The molecule has 0 bridgehead atoms. The van der Waals surface area contributed by atoms with Gasteiger partial charge in [0.05, 0.1) is 14.2 Å². The number of hydrogen-bond acceptors (Lipinski definition) is 3. The quantitative estimate of drug-likeness (QED) is 0.397. The summed E-state index contributed by atoms with van der Waals surface area (Å²) < 4.78 is 11.3. The molecular formula is C26H34N2O3. The third kappa shape index (κ3) is 5.04. The molecule has 0 radical (unpaired) electrons. The molecule has 0 spiro atoms. The molecule has 0 saturated heterocycles. The van der Waals surface area contributed by atoms with Crippen molar-refractivity contribution < 1.29 is 14.3 Å². The van der Waals surface area contributed by atoms with Gasteiger partial charge in [-0.3, -0.25) is 4.79 Å². The first-order chi connectivity index (χ1) is 15.1. The summed E-state index contributed by atoms with van der Waals surface area (Å²) >= 11 is 0. The van der Waals surface area contributed by atoms with Crippen molar-refractivity contribution in [3.05, 3.63) is 59.3 Å². The van der Waals surface area contributed by atoms with Crippen molar-refractivity contribution in [2.24, 2.45) is 0 Å². The lowest BCUT2D eigenvalue weighted by atomic mass is 9.86. The first kappa shape index (κ1) is 22.7. The molecule has 5 nitrogen and oxygen atoms in total. The summed E-state index contributed by atoms with van der Waals surface area (Å²) in [5.74, 6) is 1.24. The van der Waals surface area contributed by atoms with Gasteiger partial charge in [0.25, 0.3) is 0 Å². The van der Waals surface area contributed by atoms with Gasteiger partial charge in [0, 0.05) is 41.5 Å². The van der Waals surface area contributed by atoms with E-state index in [1.165, 1.54) is 5.56 Å². The topological polar surface area (TPSA) is 63.4 Å². The molecule has 0 aliphatic heterocycles. The number of H-pyrrole nitrogens is 1. The predicted octanol–water partition coefficient (Wildman–Crippen LogP) is 5.58. The molecule has 1 heterocycles. The standard InChI is InChI=1S/C26H34N2O3/c1-5-7-8-15-27-24(29)16-21(20-13-10-14-23(30-3)26(20)31-4)22-17-28-25-18(6-2)11-9-12-19(22)25/h9-14,17,21,28H,5-8,15-16H2,1-4H3,(H,27,29)/t21-/m0/s1. The number of aromatic nitrogens is 1. The lowest BCUT2D eigenvalue weighted by Gasteiger charge is -2.21. The van der Waals surface area contributed by atoms with Gasteiger partial charge in [0.2, 0.25) is 5.91 Å². The summed E-state index contributed by atoms with van der Waals surface area (Å²) in [6.45, 7) is 5.03. The van der Waals surface area contributed by atoms with E-state index in [0.717, 1.165) is 47.7 Å². The minimum atomic E-state index is -0.155. The molecule has 2 N–H and O–H groups in total. The van der Waals surface area contributed by atoms with E-state index in [2.05, 4.69) is 42.3 Å². The Labute approximate surface area is 185 Å². The van der Waals surface area contributed by atoms with E-state index in [4.69, 9.17) is 9.47 Å². The van der Waals surface area contributed by atoms with E-state index in [1.807, 2.05) is 24.4 Å². The Morgan fingerprint density at radius 1 is 1.03 bits per heavy atom. The smallest absolute Gasteiger partial charge is 0.220 e. The highest BCUT2D eigenvalue weighted by Gasteiger charge is 2.26. The molecule has 166 valence electrons. The third-order valence-electron chi connectivity index (χ3n) is 5.89. The van der Waals surface area contributed by atoms with E-state index in [-0.39, 0.29) is 11.8 Å². The minimum absolute atomic E-state index is 0.0481. The van der Waals surface area contributed by atoms with Crippen molar-refractivity contribution in [1.82, 2.24) is 10.3 Å². The fourth-order valence-electron chi connectivity index (χ4n) is 4.26. The van der Waals surface area contributed by atoms with Crippen molar-refractivity contribution in [2.45, 2.75) is 51.9 Å². The maximum atomic E-state index is 12.9. The van der Waals surface area contributed by atoms with E-state index in [0.29, 0.717) is 24.5 Å². The Kier molecular flexibility index (Phi) is 7.99. The normalized spacial score (nSPS) is 12.0. The number of fused-ring (bicyclic) bond motifs is 1. The zero-order valence-corrected chi connectivity index (χ0v) is 19.1. The van der Waals surface area contributed by atoms with Crippen LogP contribution in [0.5, 0.6) is 11.5 Å². The van der Waals surface area contributed by atoms with Crippen molar-refractivity contribution in [1.29, 1.82) is 0 Å². The molecule has 5 heteroatoms. The lowest BCUT2D eigenvalue weighted by molar-refractivity contribution is -0.121. The average molecular weight is 423 g/mol. The number of amides is 1. The van der Waals surface area contributed by atoms with Crippen molar-refractivity contribution in [3.8, 4) is 11.5 Å². The molecule has 3 aromatic rings. The molecule has 0 aliphatic carbocycles. The van der Waals surface area contributed by atoms with Gasteiger partial charge in [-0.25, -0.2) is 0 Å². The van der Waals surface area contributed by atoms with Gasteiger partial charge in [-0.2, -0.15) is 0 Å². The van der Waals surface area contributed by atoms with Gasteiger partial charge < -0.3 is 19.8 Å². The van der Waals surface area contributed by atoms with Crippen LogP contribution >= 0.6 is 0 Å². The molecule has 1 amide bonds. The van der Waals surface area contributed by atoms with Gasteiger partial charge >= 0.3 is 0 Å². The van der Waals surface area contributed by atoms with Crippen LogP contribution in [0.2, 0.25) is 0 Å². The number of aromatic amines is 1. The van der Waals surface area contributed by atoms with Gasteiger partial charge in [-0.15, -0.1) is 0 Å². The Hall–Kier alpha value is -2.95. The summed E-state index contributed by atoms with van der Waals surface area (Å²) in [4.78, 5) is 16.4. The number of rotatable bonds is 11. The SMILES string of the molecule is CCCCCNC(=O)C[C@@H](c1cccc(OC)c1OC)c1c[nH]c2c(CC)cccc12. The second-order valence-electron chi connectivity index (χ2n) is 7.83. The fourth-order valence-corrected chi connectivity index (χ4v) is 4.26. The number of methoxy groups -OCH3 is 2. The zero-order valence-electron chi connectivity index (χ0n) is 19.1. The summed E-state index contributed by atoms with van der Waals surface area (Å²) in [5.41, 5.74) is 4.45. The van der Waals surface area contributed by atoms with Crippen LogP contribution in [0.25, 0.3) is 10.9 Å². The van der Waals surface area contributed by atoms with E-state index < -0.39 is 0 Å². The number of nitrogens with one attached hydrogen (secondary N) is 2. The van der Waals surface area contributed by atoms with E-state index >= 15 is 0 Å². The van der Waals surface area contributed by atoms with Crippen molar-refractivity contribution >= 4 is 16.8 Å². The highest BCUT2D eigenvalue weighted by atomic mass is 16.5. The molecule has 0 aliphatic rings. The largest absolute Gasteiger partial charge is 0.493 e. The Balaban J connectivity index is 2.03. The summed E-state index contributed by atoms with van der Waals surface area (Å²) in [6, 6.07) is 12.2. The molecule has 0 unspecified atom stereocenters. The molecule has 0 saturated carbocycles. The van der Waals surface area contributed by atoms with Gasteiger partial charge in [0.1, 0.15) is 0 Å². The number of hydrogen-bond donors (Lipinski definition) is 2. The van der Waals surface area contributed by atoms with E-state index in [9.17, 15) is 4.79 Å². The number of benzene rings is 2. The Bertz CT molecular complexity index is 1010. The van der Waals surface area contributed by atoms with Crippen LogP contribution in [-0.4, -0.2) is 31.7 Å². The molecule has 2 aromatic carbocycles. The number of carbonyl (C=O) groups is 1. The molecule has 0 fully saturated rings. The molecule has 3 rings (SSSR count). The van der Waals surface area contributed by atoms with E-state index in [1.54, 1.807) is 14.2 Å². The molecule has 1 aromatic heterocycles. The highest BCUT2D eigenvalue weighted by Crippen LogP contribution is 2.42. The van der Waals surface area contributed by atoms with Gasteiger partial charge in [-0.1, -0.05) is 57.0 Å². The number of carbonyl (C=O) groups excluding carboxylic acids is 1. The number of aryl methyl sites for hydroxylation is 1. The highest BCUT2D eigenvalue weighted by molar-refractivity contribution is 5.88. The average Bonchev–Trinajstić information content (AvgIpc) is 3.23. The second kappa shape index (κ2) is 10.9. The first-order valence-electron chi connectivity index (χ1n) is 11.2.